The highest BCUT2D eigenvalue weighted by Crippen LogP contribution is 2.24. The van der Waals surface area contributed by atoms with E-state index >= 15 is 0 Å². The number of hydrogen-bond acceptors (Lipinski definition) is 5. The van der Waals surface area contributed by atoms with Crippen molar-refractivity contribution in [2.24, 2.45) is 0 Å². The first-order chi connectivity index (χ1) is 9.34. The van der Waals surface area contributed by atoms with Crippen LogP contribution in [0.1, 0.15) is 18.9 Å². The van der Waals surface area contributed by atoms with E-state index in [1.54, 1.807) is 0 Å². The van der Waals surface area contributed by atoms with Gasteiger partial charge in [-0.05, 0) is 6.92 Å². The average molecular weight is 275 g/mol. The number of rotatable bonds is 3. The molecule has 1 unspecified atom stereocenters. The van der Waals surface area contributed by atoms with Crippen LogP contribution in [0.2, 0.25) is 0 Å². The van der Waals surface area contributed by atoms with Gasteiger partial charge in [-0.1, -0.05) is 35.5 Å². The molecule has 1 atom stereocenters. The molecule has 4 nitrogen and oxygen atoms in total. The third-order valence-corrected chi connectivity index (χ3v) is 4.37. The van der Waals surface area contributed by atoms with Crippen LogP contribution in [0.4, 0.5) is 0 Å². The number of nitrogens with zero attached hydrogens (tertiary/aromatic N) is 3. The number of hydrogen-bond donors (Lipinski definition) is 0. The molecule has 1 aliphatic rings. The van der Waals surface area contributed by atoms with Gasteiger partial charge in [-0.3, -0.25) is 4.90 Å². The first-order valence-corrected chi connectivity index (χ1v) is 7.71. The van der Waals surface area contributed by atoms with Crippen molar-refractivity contribution in [2.45, 2.75) is 13.0 Å². The van der Waals surface area contributed by atoms with E-state index in [0.717, 1.165) is 18.7 Å². The van der Waals surface area contributed by atoms with Crippen LogP contribution < -0.4 is 0 Å². The Labute approximate surface area is 117 Å². The van der Waals surface area contributed by atoms with Crippen molar-refractivity contribution < 1.29 is 4.52 Å². The number of aromatic nitrogens is 2. The van der Waals surface area contributed by atoms with Crippen molar-refractivity contribution in [3.05, 3.63) is 36.2 Å². The minimum Gasteiger partial charge on any atom is -0.337 e. The Hall–Kier alpha value is -1.33. The van der Waals surface area contributed by atoms with Gasteiger partial charge in [-0.15, -0.1) is 0 Å². The molecule has 3 rings (SSSR count). The number of benzene rings is 1. The molecule has 19 heavy (non-hydrogen) atoms. The summed E-state index contributed by atoms with van der Waals surface area (Å²) in [4.78, 5) is 6.93. The molecule has 0 amide bonds. The predicted molar refractivity (Wildman–Crippen MR) is 77.0 cm³/mol. The fraction of sp³-hybridized carbons (Fsp3) is 0.429. The van der Waals surface area contributed by atoms with Gasteiger partial charge < -0.3 is 4.52 Å². The summed E-state index contributed by atoms with van der Waals surface area (Å²) in [6, 6.07) is 10.1. The van der Waals surface area contributed by atoms with Crippen LogP contribution in [0.15, 0.2) is 34.9 Å². The zero-order valence-electron chi connectivity index (χ0n) is 11.0. The topological polar surface area (TPSA) is 42.2 Å². The number of thioether (sulfide) groups is 1. The Kier molecular flexibility index (Phi) is 3.84. The fourth-order valence-electron chi connectivity index (χ4n) is 2.23. The largest absolute Gasteiger partial charge is 0.337 e. The summed E-state index contributed by atoms with van der Waals surface area (Å²) in [5, 5.41) is 4.08. The molecule has 0 bridgehead atoms. The fourth-order valence-corrected chi connectivity index (χ4v) is 3.16. The third kappa shape index (κ3) is 2.82. The molecule has 2 heterocycles. The zero-order valence-corrected chi connectivity index (χ0v) is 11.8. The highest BCUT2D eigenvalue weighted by Gasteiger charge is 2.23. The molecule has 0 saturated carbocycles. The molecule has 100 valence electrons. The van der Waals surface area contributed by atoms with E-state index in [1.807, 2.05) is 42.1 Å². The van der Waals surface area contributed by atoms with Crippen molar-refractivity contribution in [2.75, 3.05) is 24.6 Å². The molecule has 1 aliphatic heterocycles. The van der Waals surface area contributed by atoms with Crippen molar-refractivity contribution in [1.29, 1.82) is 0 Å². The second-order valence-corrected chi connectivity index (χ2v) is 5.87. The Bertz CT molecular complexity index is 522. The van der Waals surface area contributed by atoms with Crippen LogP contribution in [0.5, 0.6) is 0 Å². The average Bonchev–Trinajstić information content (AvgIpc) is 2.98. The van der Waals surface area contributed by atoms with Crippen molar-refractivity contribution in [1.82, 2.24) is 15.0 Å². The standard InChI is InChI=1S/C14H17N3OS/c1-11(17-7-9-19-10-8-17)14-15-13(16-18-14)12-5-3-2-4-6-12/h2-6,11H,7-10H2,1H3. The van der Waals surface area contributed by atoms with Gasteiger partial charge in [-0.2, -0.15) is 16.7 Å². The Morgan fingerprint density at radius 2 is 1.95 bits per heavy atom. The molecule has 1 saturated heterocycles. The molecule has 0 spiro atoms. The molecular weight excluding hydrogens is 258 g/mol. The van der Waals surface area contributed by atoms with Crippen LogP contribution in [0, 0.1) is 0 Å². The van der Waals surface area contributed by atoms with E-state index in [2.05, 4.69) is 22.0 Å². The van der Waals surface area contributed by atoms with E-state index in [0.29, 0.717) is 11.7 Å². The second kappa shape index (κ2) is 5.75. The lowest BCUT2D eigenvalue weighted by Crippen LogP contribution is -2.34. The predicted octanol–water partition coefficient (Wildman–Crippen LogP) is 2.85. The molecule has 1 aromatic heterocycles. The van der Waals surface area contributed by atoms with Crippen LogP contribution in [-0.4, -0.2) is 39.6 Å². The summed E-state index contributed by atoms with van der Waals surface area (Å²) in [5.41, 5.74) is 0.999. The first-order valence-electron chi connectivity index (χ1n) is 6.55. The SMILES string of the molecule is CC(c1nc(-c2ccccc2)no1)N1CCSCC1. The minimum atomic E-state index is 0.200. The second-order valence-electron chi connectivity index (χ2n) is 4.65. The molecular formula is C14H17N3OS. The van der Waals surface area contributed by atoms with Gasteiger partial charge in [0.2, 0.25) is 11.7 Å². The smallest absolute Gasteiger partial charge is 0.244 e. The van der Waals surface area contributed by atoms with E-state index in [1.165, 1.54) is 11.5 Å². The minimum absolute atomic E-state index is 0.200. The van der Waals surface area contributed by atoms with Crippen LogP contribution in [0.3, 0.4) is 0 Å². The highest BCUT2D eigenvalue weighted by molar-refractivity contribution is 7.99. The lowest BCUT2D eigenvalue weighted by Gasteiger charge is -2.29. The van der Waals surface area contributed by atoms with Gasteiger partial charge in [0.1, 0.15) is 0 Å². The van der Waals surface area contributed by atoms with E-state index in [-0.39, 0.29) is 6.04 Å². The van der Waals surface area contributed by atoms with Crippen LogP contribution in [-0.2, 0) is 0 Å². The molecule has 2 aromatic rings. The van der Waals surface area contributed by atoms with Crippen LogP contribution in [0.25, 0.3) is 11.4 Å². The lowest BCUT2D eigenvalue weighted by atomic mass is 10.2. The molecule has 5 heteroatoms. The summed E-state index contributed by atoms with van der Waals surface area (Å²) in [6.45, 7) is 4.32. The van der Waals surface area contributed by atoms with E-state index in [9.17, 15) is 0 Å². The normalized spacial score (nSPS) is 18.4. The molecule has 0 radical (unpaired) electrons. The van der Waals surface area contributed by atoms with Crippen molar-refractivity contribution in [3.63, 3.8) is 0 Å². The maximum atomic E-state index is 5.42. The van der Waals surface area contributed by atoms with Crippen molar-refractivity contribution >= 4 is 11.8 Å². The van der Waals surface area contributed by atoms with Gasteiger partial charge in [0, 0.05) is 30.2 Å². The van der Waals surface area contributed by atoms with Gasteiger partial charge in [0.25, 0.3) is 0 Å². The lowest BCUT2D eigenvalue weighted by molar-refractivity contribution is 0.189. The van der Waals surface area contributed by atoms with E-state index < -0.39 is 0 Å². The Morgan fingerprint density at radius 1 is 1.21 bits per heavy atom. The summed E-state index contributed by atoms with van der Waals surface area (Å²) < 4.78 is 5.42. The summed E-state index contributed by atoms with van der Waals surface area (Å²) in [5.74, 6) is 3.76. The van der Waals surface area contributed by atoms with Gasteiger partial charge in [0.05, 0.1) is 6.04 Å². The van der Waals surface area contributed by atoms with E-state index in [4.69, 9.17) is 4.52 Å². The van der Waals surface area contributed by atoms with Gasteiger partial charge in [-0.25, -0.2) is 0 Å². The van der Waals surface area contributed by atoms with Crippen molar-refractivity contribution in [3.8, 4) is 11.4 Å². The Balaban J connectivity index is 1.77. The molecule has 0 aliphatic carbocycles. The molecule has 1 aromatic carbocycles. The zero-order chi connectivity index (χ0) is 13.1. The summed E-state index contributed by atoms with van der Waals surface area (Å²) in [7, 11) is 0. The quantitative estimate of drug-likeness (QED) is 0.861. The monoisotopic (exact) mass is 275 g/mol. The first kappa shape index (κ1) is 12.7. The third-order valence-electron chi connectivity index (χ3n) is 3.42. The van der Waals surface area contributed by atoms with Gasteiger partial charge in [0.15, 0.2) is 0 Å². The summed E-state index contributed by atoms with van der Waals surface area (Å²) in [6.07, 6.45) is 0. The van der Waals surface area contributed by atoms with Gasteiger partial charge >= 0.3 is 0 Å². The molecule has 1 fully saturated rings. The highest BCUT2D eigenvalue weighted by atomic mass is 32.2. The Morgan fingerprint density at radius 3 is 2.68 bits per heavy atom. The van der Waals surface area contributed by atoms with Crippen LogP contribution >= 0.6 is 11.8 Å². The maximum absolute atomic E-state index is 5.42. The molecule has 0 N–H and O–H groups in total. The summed E-state index contributed by atoms with van der Waals surface area (Å²) >= 11 is 2.01. The maximum Gasteiger partial charge on any atom is 0.244 e.